The van der Waals surface area contributed by atoms with Gasteiger partial charge in [0.25, 0.3) is 0 Å². The SMILES string of the molecule is O=C(/C=C/c1cccs1)NCc1ccccc1. The second-order valence-electron chi connectivity index (χ2n) is 3.55. The van der Waals surface area contributed by atoms with E-state index in [1.165, 1.54) is 0 Å². The van der Waals surface area contributed by atoms with Crippen molar-refractivity contribution in [1.82, 2.24) is 5.32 Å². The molecule has 1 heterocycles. The molecule has 86 valence electrons. The molecule has 0 spiro atoms. The number of hydrogen-bond donors (Lipinski definition) is 1. The van der Waals surface area contributed by atoms with E-state index in [1.807, 2.05) is 53.9 Å². The summed E-state index contributed by atoms with van der Waals surface area (Å²) < 4.78 is 0. The Balaban J connectivity index is 1.82. The monoisotopic (exact) mass is 243 g/mol. The Bertz CT molecular complexity index is 488. The maximum atomic E-state index is 11.5. The molecular weight excluding hydrogens is 230 g/mol. The van der Waals surface area contributed by atoms with Crippen LogP contribution in [0.15, 0.2) is 53.9 Å². The third-order valence-electron chi connectivity index (χ3n) is 2.25. The fourth-order valence-corrected chi connectivity index (χ4v) is 2.01. The van der Waals surface area contributed by atoms with E-state index in [2.05, 4.69) is 5.32 Å². The van der Waals surface area contributed by atoms with E-state index in [4.69, 9.17) is 0 Å². The summed E-state index contributed by atoms with van der Waals surface area (Å²) in [5.41, 5.74) is 1.10. The summed E-state index contributed by atoms with van der Waals surface area (Å²) in [5.74, 6) is -0.0674. The van der Waals surface area contributed by atoms with Crippen LogP contribution in [0.4, 0.5) is 0 Å². The van der Waals surface area contributed by atoms with Crippen molar-refractivity contribution < 1.29 is 4.79 Å². The summed E-state index contributed by atoms with van der Waals surface area (Å²) in [6, 6.07) is 13.8. The van der Waals surface area contributed by atoms with Gasteiger partial charge < -0.3 is 5.32 Å². The quantitative estimate of drug-likeness (QED) is 0.821. The molecule has 0 radical (unpaired) electrons. The lowest BCUT2D eigenvalue weighted by molar-refractivity contribution is -0.116. The van der Waals surface area contributed by atoms with E-state index in [-0.39, 0.29) is 5.91 Å². The van der Waals surface area contributed by atoms with Gasteiger partial charge in [-0.25, -0.2) is 0 Å². The third kappa shape index (κ3) is 3.89. The van der Waals surface area contributed by atoms with E-state index < -0.39 is 0 Å². The van der Waals surface area contributed by atoms with Crippen molar-refractivity contribution in [3.63, 3.8) is 0 Å². The van der Waals surface area contributed by atoms with E-state index in [1.54, 1.807) is 17.4 Å². The molecule has 0 saturated carbocycles. The largest absolute Gasteiger partial charge is 0.348 e. The maximum Gasteiger partial charge on any atom is 0.244 e. The predicted octanol–water partition coefficient (Wildman–Crippen LogP) is 3.08. The van der Waals surface area contributed by atoms with Gasteiger partial charge in [-0.2, -0.15) is 0 Å². The summed E-state index contributed by atoms with van der Waals surface area (Å²) in [7, 11) is 0. The van der Waals surface area contributed by atoms with E-state index in [0.717, 1.165) is 10.4 Å². The van der Waals surface area contributed by atoms with Crippen LogP contribution in [0, 0.1) is 0 Å². The summed E-state index contributed by atoms with van der Waals surface area (Å²) in [6.07, 6.45) is 3.39. The first-order valence-electron chi connectivity index (χ1n) is 5.38. The Morgan fingerprint density at radius 1 is 1.18 bits per heavy atom. The maximum absolute atomic E-state index is 11.5. The van der Waals surface area contributed by atoms with Crippen LogP contribution in [0.2, 0.25) is 0 Å². The highest BCUT2D eigenvalue weighted by atomic mass is 32.1. The Morgan fingerprint density at radius 2 is 2.00 bits per heavy atom. The predicted molar refractivity (Wildman–Crippen MR) is 71.6 cm³/mol. The topological polar surface area (TPSA) is 29.1 Å². The van der Waals surface area contributed by atoms with Crippen LogP contribution in [0.25, 0.3) is 6.08 Å². The summed E-state index contributed by atoms with van der Waals surface area (Å²) >= 11 is 1.61. The third-order valence-corrected chi connectivity index (χ3v) is 3.09. The highest BCUT2D eigenvalue weighted by Gasteiger charge is 1.96. The molecule has 0 unspecified atom stereocenters. The van der Waals surface area contributed by atoms with E-state index in [9.17, 15) is 4.79 Å². The van der Waals surface area contributed by atoms with Crippen LogP contribution < -0.4 is 5.32 Å². The van der Waals surface area contributed by atoms with Gasteiger partial charge in [0.2, 0.25) is 5.91 Å². The first kappa shape index (κ1) is 11.6. The molecule has 0 bridgehead atoms. The summed E-state index contributed by atoms with van der Waals surface area (Å²) in [6.45, 7) is 0.564. The van der Waals surface area contributed by atoms with Crippen molar-refractivity contribution in [1.29, 1.82) is 0 Å². The van der Waals surface area contributed by atoms with Crippen LogP contribution >= 0.6 is 11.3 Å². The van der Waals surface area contributed by atoms with Crippen LogP contribution in [-0.4, -0.2) is 5.91 Å². The number of nitrogens with one attached hydrogen (secondary N) is 1. The Hall–Kier alpha value is -1.87. The van der Waals surface area contributed by atoms with Crippen molar-refractivity contribution in [2.75, 3.05) is 0 Å². The number of hydrogen-bond acceptors (Lipinski definition) is 2. The van der Waals surface area contributed by atoms with Gasteiger partial charge in [0.1, 0.15) is 0 Å². The Labute approximate surface area is 105 Å². The van der Waals surface area contributed by atoms with Gasteiger partial charge in [-0.15, -0.1) is 11.3 Å². The van der Waals surface area contributed by atoms with Gasteiger partial charge in [-0.3, -0.25) is 4.79 Å². The molecule has 1 N–H and O–H groups in total. The number of amides is 1. The molecule has 0 aliphatic carbocycles. The zero-order valence-electron chi connectivity index (χ0n) is 9.30. The van der Waals surface area contributed by atoms with Crippen LogP contribution in [0.5, 0.6) is 0 Å². The molecule has 1 aromatic heterocycles. The fraction of sp³-hybridized carbons (Fsp3) is 0.0714. The van der Waals surface area contributed by atoms with Gasteiger partial charge in [0, 0.05) is 17.5 Å². The average Bonchev–Trinajstić information content (AvgIpc) is 2.88. The van der Waals surface area contributed by atoms with E-state index in [0.29, 0.717) is 6.54 Å². The number of carbonyl (C=O) groups is 1. The molecule has 1 aromatic carbocycles. The highest BCUT2D eigenvalue weighted by Crippen LogP contribution is 2.09. The number of benzene rings is 1. The average molecular weight is 243 g/mol. The zero-order valence-corrected chi connectivity index (χ0v) is 10.1. The lowest BCUT2D eigenvalue weighted by atomic mass is 10.2. The molecule has 3 heteroatoms. The molecule has 0 aliphatic heterocycles. The van der Waals surface area contributed by atoms with Crippen molar-refractivity contribution in [2.45, 2.75) is 6.54 Å². The minimum atomic E-state index is -0.0674. The molecule has 0 aliphatic rings. The molecule has 0 atom stereocenters. The Morgan fingerprint density at radius 3 is 2.71 bits per heavy atom. The second-order valence-corrected chi connectivity index (χ2v) is 4.53. The standard InChI is InChI=1S/C14H13NOS/c16-14(9-8-13-7-4-10-17-13)15-11-12-5-2-1-3-6-12/h1-10H,11H2,(H,15,16)/b9-8+. The highest BCUT2D eigenvalue weighted by molar-refractivity contribution is 7.10. The molecule has 1 amide bonds. The lowest BCUT2D eigenvalue weighted by Crippen LogP contribution is -2.19. The molecule has 2 aromatic rings. The number of carbonyl (C=O) groups excluding carboxylic acids is 1. The van der Waals surface area contributed by atoms with Crippen molar-refractivity contribution in [2.24, 2.45) is 0 Å². The van der Waals surface area contributed by atoms with Gasteiger partial charge in [0.15, 0.2) is 0 Å². The molecule has 0 saturated heterocycles. The van der Waals surface area contributed by atoms with Gasteiger partial charge in [-0.05, 0) is 23.1 Å². The fourth-order valence-electron chi connectivity index (χ4n) is 1.39. The molecule has 0 fully saturated rings. The van der Waals surface area contributed by atoms with Gasteiger partial charge in [0.05, 0.1) is 0 Å². The van der Waals surface area contributed by atoms with Crippen molar-refractivity contribution in [3.8, 4) is 0 Å². The first-order chi connectivity index (χ1) is 8.34. The van der Waals surface area contributed by atoms with Gasteiger partial charge >= 0.3 is 0 Å². The number of thiophene rings is 1. The van der Waals surface area contributed by atoms with Gasteiger partial charge in [-0.1, -0.05) is 36.4 Å². The Kier molecular flexibility index (Phi) is 4.11. The molecule has 17 heavy (non-hydrogen) atoms. The lowest BCUT2D eigenvalue weighted by Gasteiger charge is -2.01. The van der Waals surface area contributed by atoms with Crippen LogP contribution in [0.3, 0.4) is 0 Å². The van der Waals surface area contributed by atoms with Crippen molar-refractivity contribution in [3.05, 3.63) is 64.4 Å². The normalized spacial score (nSPS) is 10.6. The minimum absolute atomic E-state index is 0.0674. The second kappa shape index (κ2) is 6.01. The first-order valence-corrected chi connectivity index (χ1v) is 6.26. The molecular formula is C14H13NOS. The van der Waals surface area contributed by atoms with Crippen LogP contribution in [-0.2, 0) is 11.3 Å². The summed E-state index contributed by atoms with van der Waals surface area (Å²) in [4.78, 5) is 12.6. The molecule has 2 nitrogen and oxygen atoms in total. The van der Waals surface area contributed by atoms with Crippen LogP contribution in [0.1, 0.15) is 10.4 Å². The van der Waals surface area contributed by atoms with E-state index >= 15 is 0 Å². The summed E-state index contributed by atoms with van der Waals surface area (Å²) in [5, 5.41) is 4.83. The zero-order chi connectivity index (χ0) is 11.9. The smallest absolute Gasteiger partial charge is 0.244 e. The molecule has 2 rings (SSSR count). The number of rotatable bonds is 4. The van der Waals surface area contributed by atoms with Crippen molar-refractivity contribution >= 4 is 23.3 Å². The minimum Gasteiger partial charge on any atom is -0.348 e.